The molecule has 2 saturated heterocycles. The van der Waals surface area contributed by atoms with Crippen LogP contribution in [0.4, 0.5) is 20.6 Å². The predicted octanol–water partition coefficient (Wildman–Crippen LogP) is 1.80. The zero-order chi connectivity index (χ0) is 18.5. The minimum Gasteiger partial charge on any atom is -0.425 e. The Morgan fingerprint density at radius 1 is 1.30 bits per heavy atom. The average Bonchev–Trinajstić information content (AvgIpc) is 3.04. The molecule has 2 N–H and O–H groups in total. The van der Waals surface area contributed by atoms with Gasteiger partial charge in [-0.3, -0.25) is 4.90 Å². The maximum absolute atomic E-state index is 14.8. The maximum Gasteiger partial charge on any atom is 0.418 e. The molecular weight excluding hydrogens is 355 g/mol. The van der Waals surface area contributed by atoms with E-state index in [4.69, 9.17) is 19.7 Å². The number of rotatable bonds is 2. The molecule has 1 saturated carbocycles. The highest BCUT2D eigenvalue weighted by Gasteiger charge is 2.64. The molecule has 0 radical (unpaired) electrons. The van der Waals surface area contributed by atoms with Crippen molar-refractivity contribution >= 4 is 17.5 Å². The predicted molar refractivity (Wildman–Crippen MR) is 90.8 cm³/mol. The van der Waals surface area contributed by atoms with E-state index in [0.717, 1.165) is 13.1 Å². The number of nitrogens with two attached hydrogens (primary N) is 1. The molecule has 9 heteroatoms. The number of aromatic nitrogens is 1. The molecule has 4 aliphatic rings. The van der Waals surface area contributed by atoms with Crippen LogP contribution in [0.1, 0.15) is 12.5 Å². The van der Waals surface area contributed by atoms with Gasteiger partial charge in [-0.2, -0.15) is 0 Å². The van der Waals surface area contributed by atoms with Gasteiger partial charge in [0.25, 0.3) is 5.88 Å². The molecular formula is C18H17FN4O4. The molecule has 3 fully saturated rings. The summed E-state index contributed by atoms with van der Waals surface area (Å²) in [6.07, 6.45) is 0.800. The third kappa shape index (κ3) is 1.79. The monoisotopic (exact) mass is 372 g/mol. The van der Waals surface area contributed by atoms with Crippen LogP contribution in [0.2, 0.25) is 0 Å². The second kappa shape index (κ2) is 4.72. The second-order valence-electron chi connectivity index (χ2n) is 7.66. The van der Waals surface area contributed by atoms with Crippen LogP contribution in [0, 0.1) is 17.7 Å². The fourth-order valence-electron chi connectivity index (χ4n) is 4.66. The van der Waals surface area contributed by atoms with Crippen LogP contribution in [0.3, 0.4) is 0 Å². The number of ether oxygens (including phenoxy) is 2. The zero-order valence-corrected chi connectivity index (χ0v) is 14.5. The molecule has 2 aromatic rings. The lowest BCUT2D eigenvalue weighted by molar-refractivity contribution is -0.170. The van der Waals surface area contributed by atoms with Gasteiger partial charge in [0.15, 0.2) is 0 Å². The molecule has 0 bridgehead atoms. The van der Waals surface area contributed by atoms with Crippen molar-refractivity contribution < 1.29 is 23.2 Å². The summed E-state index contributed by atoms with van der Waals surface area (Å²) in [5.41, 5.74) is 7.49. The molecule has 6 rings (SSSR count). The smallest absolute Gasteiger partial charge is 0.418 e. The number of nitrogens with zero attached hydrogens (tertiary/aromatic N) is 3. The van der Waals surface area contributed by atoms with E-state index in [1.807, 2.05) is 4.90 Å². The third-order valence-corrected chi connectivity index (χ3v) is 6.34. The van der Waals surface area contributed by atoms with Crippen LogP contribution in [-0.2, 0) is 10.5 Å². The number of piperidine rings is 1. The molecule has 1 amide bonds. The second-order valence-corrected chi connectivity index (χ2v) is 7.66. The number of carbonyl (C=O) groups excluding carboxylic acids is 1. The van der Waals surface area contributed by atoms with E-state index in [1.165, 1.54) is 17.2 Å². The fourth-order valence-corrected chi connectivity index (χ4v) is 4.66. The fraction of sp³-hybridized carbons (Fsp3) is 0.444. The summed E-state index contributed by atoms with van der Waals surface area (Å²) in [6.45, 7) is 3.33. The van der Waals surface area contributed by atoms with Crippen molar-refractivity contribution in [2.75, 3.05) is 22.9 Å². The Morgan fingerprint density at radius 2 is 2.07 bits per heavy atom. The first-order valence-corrected chi connectivity index (χ1v) is 8.96. The number of benzene rings is 1. The van der Waals surface area contributed by atoms with Crippen LogP contribution in [0.5, 0.6) is 5.88 Å². The van der Waals surface area contributed by atoms with Gasteiger partial charge in [-0.1, -0.05) is 0 Å². The Morgan fingerprint density at radius 3 is 2.78 bits per heavy atom. The lowest BCUT2D eigenvalue weighted by atomic mass is 9.97. The average molecular weight is 372 g/mol. The van der Waals surface area contributed by atoms with Crippen LogP contribution >= 0.6 is 0 Å². The molecule has 1 aromatic carbocycles. The van der Waals surface area contributed by atoms with E-state index in [0.29, 0.717) is 34.7 Å². The highest BCUT2D eigenvalue weighted by Crippen LogP contribution is 2.52. The van der Waals surface area contributed by atoms with Crippen molar-refractivity contribution in [3.63, 3.8) is 0 Å². The summed E-state index contributed by atoms with van der Waals surface area (Å²) in [7, 11) is 0. The quantitative estimate of drug-likeness (QED) is 0.859. The van der Waals surface area contributed by atoms with Crippen LogP contribution in [0.15, 0.2) is 29.0 Å². The number of amides is 1. The topological polar surface area (TPSA) is 94.1 Å². The third-order valence-electron chi connectivity index (χ3n) is 6.34. The first kappa shape index (κ1) is 15.3. The lowest BCUT2D eigenvalue weighted by Gasteiger charge is -2.37. The SMILES string of the molecule is CC1N(c2ccc(N3C[C@@H]4[C@@H](N)[C@@H]4C3)c(F)c2)C(=O)O[C@@]12Oc1nocc12. The van der Waals surface area contributed by atoms with Gasteiger partial charge in [0, 0.05) is 19.1 Å². The first-order valence-electron chi connectivity index (χ1n) is 8.96. The number of fused-ring (bicyclic) bond motifs is 3. The molecule has 27 heavy (non-hydrogen) atoms. The van der Waals surface area contributed by atoms with Crippen molar-refractivity contribution in [2.24, 2.45) is 17.6 Å². The largest absolute Gasteiger partial charge is 0.425 e. The molecule has 8 nitrogen and oxygen atoms in total. The van der Waals surface area contributed by atoms with E-state index in [2.05, 4.69) is 5.16 Å². The molecule has 1 unspecified atom stereocenters. The van der Waals surface area contributed by atoms with Gasteiger partial charge >= 0.3 is 11.9 Å². The Balaban J connectivity index is 1.29. The van der Waals surface area contributed by atoms with Crippen molar-refractivity contribution in [2.45, 2.75) is 24.8 Å². The zero-order valence-electron chi connectivity index (χ0n) is 14.5. The summed E-state index contributed by atoms with van der Waals surface area (Å²) in [5, 5.41) is 3.68. The molecule has 4 heterocycles. The van der Waals surface area contributed by atoms with E-state index >= 15 is 0 Å². The van der Waals surface area contributed by atoms with Gasteiger partial charge in [-0.25, -0.2) is 9.18 Å². The number of halogens is 1. The van der Waals surface area contributed by atoms with Crippen molar-refractivity contribution in [3.05, 3.63) is 35.8 Å². The first-order chi connectivity index (χ1) is 13.0. The number of carbonyl (C=O) groups is 1. The summed E-state index contributed by atoms with van der Waals surface area (Å²) in [6, 6.07) is 4.55. The summed E-state index contributed by atoms with van der Waals surface area (Å²) >= 11 is 0. The van der Waals surface area contributed by atoms with E-state index in [-0.39, 0.29) is 11.9 Å². The number of anilines is 2. The van der Waals surface area contributed by atoms with E-state index in [9.17, 15) is 9.18 Å². The molecule has 1 aliphatic carbocycles. The van der Waals surface area contributed by atoms with Crippen molar-refractivity contribution in [1.82, 2.24) is 5.16 Å². The Labute approximate surface area is 153 Å². The highest BCUT2D eigenvalue weighted by molar-refractivity contribution is 5.92. The van der Waals surface area contributed by atoms with Crippen molar-refractivity contribution in [3.8, 4) is 5.88 Å². The van der Waals surface area contributed by atoms with Crippen molar-refractivity contribution in [1.29, 1.82) is 0 Å². The molecule has 3 aliphatic heterocycles. The summed E-state index contributed by atoms with van der Waals surface area (Å²) < 4.78 is 30.7. The van der Waals surface area contributed by atoms with Crippen LogP contribution in [0.25, 0.3) is 0 Å². The van der Waals surface area contributed by atoms with Gasteiger partial charge in [0.2, 0.25) is 0 Å². The molecule has 1 spiro atoms. The van der Waals surface area contributed by atoms with Gasteiger partial charge in [-0.15, -0.1) is 0 Å². The standard InChI is InChI=1S/C18H17FN4O4/c1-8-18(12-7-25-21-16(12)26-18)27-17(24)23(8)9-2-3-14(13(19)4-9)22-5-10-11(6-22)15(10)20/h2-4,7-8,10-11,15H,5-6,20H2,1H3/t8?,10-,11+,15+,18-/m0/s1. The molecule has 5 atom stereocenters. The van der Waals surface area contributed by atoms with Gasteiger partial charge in [0.1, 0.15) is 23.7 Å². The Bertz CT molecular complexity index is 968. The van der Waals surface area contributed by atoms with E-state index in [1.54, 1.807) is 19.1 Å². The normalized spacial score (nSPS) is 35.6. The summed E-state index contributed by atoms with van der Waals surface area (Å²) in [4.78, 5) is 15.9. The molecule has 140 valence electrons. The van der Waals surface area contributed by atoms with Gasteiger partial charge in [0.05, 0.1) is 11.4 Å². The highest BCUT2D eigenvalue weighted by atomic mass is 19.1. The minimum absolute atomic E-state index is 0.254. The van der Waals surface area contributed by atoms with E-state index < -0.39 is 17.9 Å². The number of hydrogen-bond donors (Lipinski definition) is 1. The summed E-state index contributed by atoms with van der Waals surface area (Å²) in [5.74, 6) is -0.391. The Kier molecular flexibility index (Phi) is 2.67. The maximum atomic E-state index is 14.8. The van der Waals surface area contributed by atoms with Crippen LogP contribution in [-0.4, -0.2) is 36.4 Å². The molecule has 1 aromatic heterocycles. The number of hydrogen-bond acceptors (Lipinski definition) is 7. The minimum atomic E-state index is -1.26. The van der Waals surface area contributed by atoms with Gasteiger partial charge in [-0.05, 0) is 42.1 Å². The van der Waals surface area contributed by atoms with Gasteiger partial charge < -0.3 is 24.6 Å². The Hall–Kier alpha value is -2.81. The van der Waals surface area contributed by atoms with Crippen LogP contribution < -0.4 is 20.3 Å². The lowest BCUT2D eigenvalue weighted by Crippen LogP contribution is -2.51.